The Morgan fingerprint density at radius 3 is 2.61 bits per heavy atom. The quantitative estimate of drug-likeness (QED) is 0.786. The highest BCUT2D eigenvalue weighted by molar-refractivity contribution is 4.91. The van der Waals surface area contributed by atoms with Gasteiger partial charge in [0, 0.05) is 51.7 Å². The van der Waals surface area contributed by atoms with Crippen LogP contribution in [0.4, 0.5) is 0 Å². The predicted octanol–water partition coefficient (Wildman–Crippen LogP) is 0.721. The molecule has 1 atom stereocenters. The van der Waals surface area contributed by atoms with Crippen molar-refractivity contribution in [3.05, 3.63) is 18.2 Å². The Morgan fingerprint density at radius 2 is 2.06 bits per heavy atom. The van der Waals surface area contributed by atoms with Crippen LogP contribution >= 0.6 is 0 Å². The Morgan fingerprint density at radius 1 is 1.33 bits per heavy atom. The van der Waals surface area contributed by atoms with Crippen molar-refractivity contribution < 1.29 is 0 Å². The normalized spacial score (nSPS) is 19.6. The summed E-state index contributed by atoms with van der Waals surface area (Å²) in [5, 5.41) is 8.90. The van der Waals surface area contributed by atoms with Gasteiger partial charge in [0.25, 0.3) is 0 Å². The molecule has 1 saturated heterocycles. The first kappa shape index (κ1) is 13.1. The number of hydrogen-bond donors (Lipinski definition) is 0. The molecule has 0 aliphatic carbocycles. The number of piperazine rings is 1. The van der Waals surface area contributed by atoms with Gasteiger partial charge in [0.1, 0.15) is 5.82 Å². The van der Waals surface area contributed by atoms with E-state index in [1.807, 2.05) is 26.2 Å². The van der Waals surface area contributed by atoms with Gasteiger partial charge in [-0.1, -0.05) is 0 Å². The molecule has 0 aromatic carbocycles. The number of aromatic nitrogens is 2. The van der Waals surface area contributed by atoms with Gasteiger partial charge < -0.3 is 4.57 Å². The maximum absolute atomic E-state index is 8.90. The lowest BCUT2D eigenvalue weighted by atomic mass is 10.2. The minimum Gasteiger partial charge on any atom is -0.334 e. The van der Waals surface area contributed by atoms with Gasteiger partial charge in [-0.05, 0) is 13.8 Å². The Labute approximate surface area is 109 Å². The van der Waals surface area contributed by atoms with E-state index < -0.39 is 0 Å². The molecule has 0 bridgehead atoms. The molecule has 5 heteroatoms. The highest BCUT2D eigenvalue weighted by Crippen LogP contribution is 2.06. The molecule has 0 amide bonds. The molecule has 1 aliphatic heterocycles. The molecule has 18 heavy (non-hydrogen) atoms. The summed E-state index contributed by atoms with van der Waals surface area (Å²) in [4.78, 5) is 8.93. The second-order valence-electron chi connectivity index (χ2n) is 4.85. The summed E-state index contributed by atoms with van der Waals surface area (Å²) in [6.07, 6.45) is 3.88. The fourth-order valence-corrected chi connectivity index (χ4v) is 2.35. The van der Waals surface area contributed by atoms with Gasteiger partial charge in [-0.2, -0.15) is 5.26 Å². The first-order valence-corrected chi connectivity index (χ1v) is 6.54. The summed E-state index contributed by atoms with van der Waals surface area (Å²) in [6, 6.07) is 2.35. The molecule has 1 unspecified atom stereocenters. The van der Waals surface area contributed by atoms with Crippen LogP contribution in [0.1, 0.15) is 12.7 Å². The molecular formula is C13H21N5. The monoisotopic (exact) mass is 247 g/mol. The second-order valence-corrected chi connectivity index (χ2v) is 4.85. The topological polar surface area (TPSA) is 48.1 Å². The standard InChI is InChI=1S/C13H21N5/c1-12(11-14)17-8-5-16(6-9-17)7-10-18-4-3-15-13(18)2/h3-4,12H,5-10H2,1-2H3. The average molecular weight is 247 g/mol. The minimum absolute atomic E-state index is 0.0445. The second kappa shape index (κ2) is 5.98. The van der Waals surface area contributed by atoms with Crippen LogP contribution in [0, 0.1) is 18.3 Å². The molecule has 1 aliphatic rings. The number of imidazole rings is 1. The van der Waals surface area contributed by atoms with Crippen LogP contribution in [0.15, 0.2) is 12.4 Å². The smallest absolute Gasteiger partial charge is 0.105 e. The molecule has 1 aromatic heterocycles. The van der Waals surface area contributed by atoms with E-state index in [0.717, 1.165) is 45.1 Å². The van der Waals surface area contributed by atoms with Crippen molar-refractivity contribution >= 4 is 0 Å². The Bertz CT molecular complexity index is 411. The average Bonchev–Trinajstić information content (AvgIpc) is 2.81. The molecule has 2 rings (SSSR count). The zero-order valence-electron chi connectivity index (χ0n) is 11.2. The largest absolute Gasteiger partial charge is 0.334 e. The SMILES string of the molecule is Cc1nccn1CCN1CCN(C(C)C#N)CC1. The first-order valence-electron chi connectivity index (χ1n) is 6.54. The maximum atomic E-state index is 8.90. The summed E-state index contributed by atoms with van der Waals surface area (Å²) >= 11 is 0. The lowest BCUT2D eigenvalue weighted by molar-refractivity contribution is 0.116. The third-order valence-corrected chi connectivity index (χ3v) is 3.72. The Hall–Kier alpha value is -1.38. The molecule has 0 N–H and O–H groups in total. The number of hydrogen-bond acceptors (Lipinski definition) is 4. The van der Waals surface area contributed by atoms with Crippen LogP contribution in [0.3, 0.4) is 0 Å². The molecule has 1 aromatic rings. The van der Waals surface area contributed by atoms with Gasteiger partial charge in [-0.25, -0.2) is 4.98 Å². The molecule has 1 fully saturated rings. The third-order valence-electron chi connectivity index (χ3n) is 3.72. The summed E-state index contributed by atoms with van der Waals surface area (Å²) in [5.74, 6) is 1.08. The summed E-state index contributed by atoms with van der Waals surface area (Å²) in [6.45, 7) is 10.2. The van der Waals surface area contributed by atoms with Gasteiger partial charge >= 0.3 is 0 Å². The Balaban J connectivity index is 1.74. The highest BCUT2D eigenvalue weighted by atomic mass is 15.3. The van der Waals surface area contributed by atoms with Crippen LogP contribution in [0.5, 0.6) is 0 Å². The first-order chi connectivity index (χ1) is 8.70. The van der Waals surface area contributed by atoms with Crippen molar-refractivity contribution in [1.82, 2.24) is 19.4 Å². The van der Waals surface area contributed by atoms with Crippen molar-refractivity contribution in [2.45, 2.75) is 26.4 Å². The number of aryl methyl sites for hydroxylation is 1. The zero-order valence-corrected chi connectivity index (χ0v) is 11.2. The van der Waals surface area contributed by atoms with Crippen LogP contribution < -0.4 is 0 Å². The van der Waals surface area contributed by atoms with E-state index in [2.05, 4.69) is 25.4 Å². The fourth-order valence-electron chi connectivity index (χ4n) is 2.35. The van der Waals surface area contributed by atoms with Gasteiger partial charge in [0.05, 0.1) is 12.1 Å². The minimum atomic E-state index is 0.0445. The van der Waals surface area contributed by atoms with E-state index in [-0.39, 0.29) is 6.04 Å². The fraction of sp³-hybridized carbons (Fsp3) is 0.692. The van der Waals surface area contributed by atoms with E-state index in [1.165, 1.54) is 0 Å². The highest BCUT2D eigenvalue weighted by Gasteiger charge is 2.20. The van der Waals surface area contributed by atoms with Gasteiger partial charge in [0.15, 0.2) is 0 Å². The van der Waals surface area contributed by atoms with Crippen molar-refractivity contribution in [3.8, 4) is 6.07 Å². The van der Waals surface area contributed by atoms with Crippen LogP contribution in [-0.4, -0.2) is 58.1 Å². The molecular weight excluding hydrogens is 226 g/mol. The van der Waals surface area contributed by atoms with Crippen molar-refractivity contribution in [3.63, 3.8) is 0 Å². The van der Waals surface area contributed by atoms with Crippen LogP contribution in [0.25, 0.3) is 0 Å². The molecule has 5 nitrogen and oxygen atoms in total. The maximum Gasteiger partial charge on any atom is 0.105 e. The van der Waals surface area contributed by atoms with E-state index in [1.54, 1.807) is 0 Å². The third kappa shape index (κ3) is 3.09. The Kier molecular flexibility index (Phi) is 4.34. The van der Waals surface area contributed by atoms with E-state index in [0.29, 0.717) is 0 Å². The lowest BCUT2D eigenvalue weighted by Gasteiger charge is -2.35. The predicted molar refractivity (Wildman–Crippen MR) is 70.1 cm³/mol. The summed E-state index contributed by atoms with van der Waals surface area (Å²) < 4.78 is 2.18. The van der Waals surface area contributed by atoms with Gasteiger partial charge in [0.2, 0.25) is 0 Å². The van der Waals surface area contributed by atoms with E-state index >= 15 is 0 Å². The van der Waals surface area contributed by atoms with E-state index in [9.17, 15) is 0 Å². The molecule has 2 heterocycles. The van der Waals surface area contributed by atoms with Gasteiger partial charge in [-0.15, -0.1) is 0 Å². The van der Waals surface area contributed by atoms with Crippen LogP contribution in [0.2, 0.25) is 0 Å². The molecule has 98 valence electrons. The lowest BCUT2D eigenvalue weighted by Crippen LogP contribution is -2.49. The molecule has 0 spiro atoms. The van der Waals surface area contributed by atoms with Crippen molar-refractivity contribution in [2.75, 3.05) is 32.7 Å². The van der Waals surface area contributed by atoms with Gasteiger partial charge in [-0.3, -0.25) is 9.80 Å². The number of nitriles is 1. The number of nitrogens with zero attached hydrogens (tertiary/aromatic N) is 5. The summed E-state index contributed by atoms with van der Waals surface area (Å²) in [7, 11) is 0. The summed E-state index contributed by atoms with van der Waals surface area (Å²) in [5.41, 5.74) is 0. The zero-order chi connectivity index (χ0) is 13.0. The molecule has 0 saturated carbocycles. The van der Waals surface area contributed by atoms with Crippen molar-refractivity contribution in [2.24, 2.45) is 0 Å². The van der Waals surface area contributed by atoms with Crippen LogP contribution in [-0.2, 0) is 6.54 Å². The van der Waals surface area contributed by atoms with E-state index in [4.69, 9.17) is 5.26 Å². The molecule has 0 radical (unpaired) electrons. The number of rotatable bonds is 4. The van der Waals surface area contributed by atoms with Crippen molar-refractivity contribution in [1.29, 1.82) is 5.26 Å².